The maximum atomic E-state index is 12.3. The molecule has 1 N–H and O–H groups in total. The molecule has 3 fully saturated rings. The van der Waals surface area contributed by atoms with Crippen LogP contribution in [0, 0.1) is 18.8 Å². The number of aromatic nitrogens is 2. The highest BCUT2D eigenvalue weighted by atomic mass is 32.1. The number of likely N-dealkylation sites (tertiary alicyclic amines) is 1. The molecule has 1 unspecified atom stereocenters. The van der Waals surface area contributed by atoms with Gasteiger partial charge < -0.3 is 19.9 Å². The number of piperidine rings is 1. The predicted molar refractivity (Wildman–Crippen MR) is 101 cm³/mol. The van der Waals surface area contributed by atoms with Gasteiger partial charge in [-0.05, 0) is 57.5 Å². The van der Waals surface area contributed by atoms with Gasteiger partial charge >= 0.3 is 0 Å². The van der Waals surface area contributed by atoms with Crippen LogP contribution in [0.4, 0.5) is 5.13 Å². The third kappa shape index (κ3) is 4.92. The third-order valence-electron chi connectivity index (χ3n) is 5.63. The Labute approximate surface area is 159 Å². The number of nitrogens with zero attached hydrogens (tertiary/aromatic N) is 4. The Balaban J connectivity index is 1.21. The molecule has 1 saturated carbocycles. The van der Waals surface area contributed by atoms with Crippen molar-refractivity contribution in [1.82, 2.24) is 20.0 Å². The summed E-state index contributed by atoms with van der Waals surface area (Å²) in [5.41, 5.74) is 0. The second kappa shape index (κ2) is 8.19. The lowest BCUT2D eigenvalue weighted by atomic mass is 9.95. The predicted octanol–water partition coefficient (Wildman–Crippen LogP) is 1.61. The van der Waals surface area contributed by atoms with E-state index in [2.05, 4.69) is 20.4 Å². The van der Waals surface area contributed by atoms with Crippen molar-refractivity contribution >= 4 is 22.4 Å². The second-order valence-corrected chi connectivity index (χ2v) is 9.11. The topological polar surface area (TPSA) is 70.6 Å². The van der Waals surface area contributed by atoms with E-state index < -0.39 is 0 Å². The highest BCUT2D eigenvalue weighted by Crippen LogP contribution is 2.31. The van der Waals surface area contributed by atoms with Gasteiger partial charge in [-0.25, -0.2) is 0 Å². The van der Waals surface area contributed by atoms with E-state index in [1.165, 1.54) is 45.3 Å². The second-order valence-electron chi connectivity index (χ2n) is 7.93. The number of ether oxygens (including phenoxy) is 1. The maximum absolute atomic E-state index is 12.3. The van der Waals surface area contributed by atoms with E-state index in [1.54, 1.807) is 11.3 Å². The van der Waals surface area contributed by atoms with E-state index in [9.17, 15) is 4.79 Å². The van der Waals surface area contributed by atoms with Gasteiger partial charge in [0.15, 0.2) is 0 Å². The molecule has 0 spiro atoms. The molecule has 0 radical (unpaired) electrons. The van der Waals surface area contributed by atoms with Crippen molar-refractivity contribution in [3.8, 4) is 0 Å². The standard InChI is InChI=1S/C18H29N5O2S/c1-13-20-21-18(26-13)19-8-16-11-23(17(24)12-25-16)10-15-4-6-22(7-5-15)9-14-2-3-14/h14-16H,2-12H2,1H3,(H,19,21). The van der Waals surface area contributed by atoms with E-state index in [-0.39, 0.29) is 18.6 Å². The summed E-state index contributed by atoms with van der Waals surface area (Å²) in [7, 11) is 0. The van der Waals surface area contributed by atoms with Crippen molar-refractivity contribution < 1.29 is 9.53 Å². The number of morpholine rings is 1. The molecule has 0 bridgehead atoms. The number of hydrogen-bond acceptors (Lipinski definition) is 7. The molecule has 2 aliphatic heterocycles. The first-order chi connectivity index (χ1) is 12.7. The molecule has 1 atom stereocenters. The Morgan fingerprint density at radius 1 is 1.15 bits per heavy atom. The fourth-order valence-electron chi connectivity index (χ4n) is 3.88. The fraction of sp³-hybridized carbons (Fsp3) is 0.833. The van der Waals surface area contributed by atoms with Crippen LogP contribution in [0.2, 0.25) is 0 Å². The van der Waals surface area contributed by atoms with Crippen LogP contribution in [-0.4, -0.2) is 77.9 Å². The van der Waals surface area contributed by atoms with Crippen molar-refractivity contribution in [2.75, 3.05) is 51.2 Å². The summed E-state index contributed by atoms with van der Waals surface area (Å²) in [6.07, 6.45) is 5.30. The number of carbonyl (C=O) groups excluding carboxylic acids is 1. The van der Waals surface area contributed by atoms with E-state index in [1.807, 2.05) is 11.8 Å². The average molecular weight is 380 g/mol. The van der Waals surface area contributed by atoms with Gasteiger partial charge in [0.25, 0.3) is 0 Å². The SMILES string of the molecule is Cc1nnc(NCC2CN(CC3CCN(CC4CC4)CC3)C(=O)CO2)s1. The number of aryl methyl sites for hydroxylation is 1. The smallest absolute Gasteiger partial charge is 0.248 e. The summed E-state index contributed by atoms with van der Waals surface area (Å²) in [6.45, 7) is 8.04. The van der Waals surface area contributed by atoms with Crippen LogP contribution < -0.4 is 5.32 Å². The molecule has 4 rings (SSSR count). The minimum atomic E-state index is 0.0202. The van der Waals surface area contributed by atoms with Crippen molar-refractivity contribution in [2.24, 2.45) is 11.8 Å². The van der Waals surface area contributed by atoms with Crippen molar-refractivity contribution in [3.05, 3.63) is 5.01 Å². The number of carbonyl (C=O) groups is 1. The third-order valence-corrected chi connectivity index (χ3v) is 6.42. The molecule has 26 heavy (non-hydrogen) atoms. The minimum absolute atomic E-state index is 0.0202. The number of hydrogen-bond donors (Lipinski definition) is 1. The maximum Gasteiger partial charge on any atom is 0.248 e. The van der Waals surface area contributed by atoms with Gasteiger partial charge in [-0.3, -0.25) is 4.79 Å². The zero-order valence-electron chi connectivity index (χ0n) is 15.5. The van der Waals surface area contributed by atoms with E-state index in [4.69, 9.17) is 4.74 Å². The Hall–Kier alpha value is -1.25. The van der Waals surface area contributed by atoms with Gasteiger partial charge in [-0.2, -0.15) is 0 Å². The summed E-state index contributed by atoms with van der Waals surface area (Å²) in [6, 6.07) is 0. The average Bonchev–Trinajstić information content (AvgIpc) is 3.36. The quantitative estimate of drug-likeness (QED) is 0.776. The Bertz CT molecular complexity index is 612. The molecule has 1 aromatic heterocycles. The minimum Gasteiger partial charge on any atom is -0.365 e. The summed E-state index contributed by atoms with van der Waals surface area (Å²) in [5, 5.41) is 13.1. The molecule has 3 heterocycles. The van der Waals surface area contributed by atoms with Crippen molar-refractivity contribution in [1.29, 1.82) is 0 Å². The Kier molecular flexibility index (Phi) is 5.71. The van der Waals surface area contributed by atoms with Crippen molar-refractivity contribution in [3.63, 3.8) is 0 Å². The van der Waals surface area contributed by atoms with E-state index in [0.29, 0.717) is 19.0 Å². The van der Waals surface area contributed by atoms with Crippen LogP contribution in [0.1, 0.15) is 30.7 Å². The zero-order chi connectivity index (χ0) is 17.9. The van der Waals surface area contributed by atoms with Crippen LogP contribution in [0.5, 0.6) is 0 Å². The largest absolute Gasteiger partial charge is 0.365 e. The monoisotopic (exact) mass is 379 g/mol. The number of anilines is 1. The lowest BCUT2D eigenvalue weighted by Crippen LogP contribution is -2.51. The number of amides is 1. The molecule has 1 aliphatic carbocycles. The summed E-state index contributed by atoms with van der Waals surface area (Å²) >= 11 is 1.54. The zero-order valence-corrected chi connectivity index (χ0v) is 16.3. The van der Waals surface area contributed by atoms with Gasteiger partial charge in [-0.1, -0.05) is 11.3 Å². The molecule has 8 heteroatoms. The molecule has 1 aromatic rings. The van der Waals surface area contributed by atoms with Gasteiger partial charge in [0.2, 0.25) is 11.0 Å². The highest BCUT2D eigenvalue weighted by Gasteiger charge is 2.31. The molecular weight excluding hydrogens is 350 g/mol. The molecule has 3 aliphatic rings. The first-order valence-electron chi connectivity index (χ1n) is 9.81. The Morgan fingerprint density at radius 2 is 1.92 bits per heavy atom. The van der Waals surface area contributed by atoms with Crippen LogP contribution in [0.25, 0.3) is 0 Å². The lowest BCUT2D eigenvalue weighted by Gasteiger charge is -2.38. The first-order valence-corrected chi connectivity index (χ1v) is 10.6. The molecule has 0 aromatic carbocycles. The normalized spacial score (nSPS) is 25.7. The molecule has 2 saturated heterocycles. The molecule has 7 nitrogen and oxygen atoms in total. The number of rotatable bonds is 7. The van der Waals surface area contributed by atoms with Gasteiger partial charge in [0, 0.05) is 26.2 Å². The Morgan fingerprint density at radius 3 is 2.62 bits per heavy atom. The first kappa shape index (κ1) is 18.1. The van der Waals surface area contributed by atoms with Crippen LogP contribution >= 0.6 is 11.3 Å². The van der Waals surface area contributed by atoms with Crippen LogP contribution in [-0.2, 0) is 9.53 Å². The van der Waals surface area contributed by atoms with Gasteiger partial charge in [0.1, 0.15) is 11.6 Å². The summed E-state index contributed by atoms with van der Waals surface area (Å²) < 4.78 is 5.70. The summed E-state index contributed by atoms with van der Waals surface area (Å²) in [4.78, 5) is 16.9. The number of nitrogens with one attached hydrogen (secondary N) is 1. The van der Waals surface area contributed by atoms with Crippen molar-refractivity contribution in [2.45, 2.75) is 38.7 Å². The van der Waals surface area contributed by atoms with Gasteiger partial charge in [0.05, 0.1) is 6.10 Å². The van der Waals surface area contributed by atoms with Crippen LogP contribution in [0.15, 0.2) is 0 Å². The fourth-order valence-corrected chi connectivity index (χ4v) is 4.48. The molecule has 144 valence electrons. The van der Waals surface area contributed by atoms with Crippen LogP contribution in [0.3, 0.4) is 0 Å². The van der Waals surface area contributed by atoms with E-state index in [0.717, 1.165) is 22.6 Å². The van der Waals surface area contributed by atoms with E-state index >= 15 is 0 Å². The van der Waals surface area contributed by atoms with Gasteiger partial charge in [-0.15, -0.1) is 10.2 Å². The molecular formula is C18H29N5O2S. The molecule has 1 amide bonds. The highest BCUT2D eigenvalue weighted by molar-refractivity contribution is 7.15. The lowest BCUT2D eigenvalue weighted by molar-refractivity contribution is -0.149. The summed E-state index contributed by atoms with van der Waals surface area (Å²) in [5.74, 6) is 1.73.